The van der Waals surface area contributed by atoms with Crippen molar-refractivity contribution >= 4 is 17.9 Å². The lowest BCUT2D eigenvalue weighted by molar-refractivity contribution is -0.128. The lowest BCUT2D eigenvalue weighted by atomic mass is 10.2. The minimum absolute atomic E-state index is 0.189. The summed E-state index contributed by atoms with van der Waals surface area (Å²) in [7, 11) is 0. The monoisotopic (exact) mass is 300 g/mol. The van der Waals surface area contributed by atoms with E-state index in [-0.39, 0.29) is 6.61 Å². The molecule has 6 heteroatoms. The molecule has 0 aliphatic heterocycles. The highest BCUT2D eigenvalue weighted by Gasteiger charge is 2.03. The Balaban J connectivity index is 1.68. The average Bonchev–Trinajstić information content (AvgIpc) is 3.04. The zero-order chi connectivity index (χ0) is 15.8. The molecule has 0 saturated heterocycles. The van der Waals surface area contributed by atoms with Crippen molar-refractivity contribution in [3.8, 4) is 5.75 Å². The number of benzene rings is 1. The van der Waals surface area contributed by atoms with Crippen LogP contribution in [0, 0.1) is 6.92 Å². The Morgan fingerprint density at radius 3 is 2.64 bits per heavy atom. The number of hydrogen-bond acceptors (Lipinski definition) is 4. The van der Waals surface area contributed by atoms with Gasteiger partial charge in [-0.1, -0.05) is 17.7 Å². The van der Waals surface area contributed by atoms with Gasteiger partial charge in [0.1, 0.15) is 11.5 Å². The van der Waals surface area contributed by atoms with Crippen molar-refractivity contribution < 1.29 is 18.7 Å². The Morgan fingerprint density at radius 2 is 1.95 bits per heavy atom. The predicted molar refractivity (Wildman–Crippen MR) is 80.7 cm³/mol. The second-order valence-corrected chi connectivity index (χ2v) is 4.49. The van der Waals surface area contributed by atoms with Crippen molar-refractivity contribution in [1.82, 2.24) is 10.9 Å². The van der Waals surface area contributed by atoms with E-state index in [0.717, 1.165) is 5.56 Å². The summed E-state index contributed by atoms with van der Waals surface area (Å²) in [6.45, 7) is 1.77. The molecule has 0 aliphatic carbocycles. The highest BCUT2D eigenvalue weighted by atomic mass is 16.5. The largest absolute Gasteiger partial charge is 0.484 e. The van der Waals surface area contributed by atoms with Crippen LogP contribution in [0.1, 0.15) is 11.3 Å². The molecule has 1 aromatic heterocycles. The summed E-state index contributed by atoms with van der Waals surface area (Å²) < 4.78 is 10.3. The molecule has 6 nitrogen and oxygen atoms in total. The van der Waals surface area contributed by atoms with Crippen LogP contribution in [-0.4, -0.2) is 18.4 Å². The van der Waals surface area contributed by atoms with Gasteiger partial charge in [-0.05, 0) is 37.3 Å². The molecule has 0 saturated carbocycles. The molecular weight excluding hydrogens is 284 g/mol. The van der Waals surface area contributed by atoms with Gasteiger partial charge in [-0.15, -0.1) is 0 Å². The van der Waals surface area contributed by atoms with Crippen molar-refractivity contribution in [2.24, 2.45) is 0 Å². The van der Waals surface area contributed by atoms with Gasteiger partial charge < -0.3 is 9.15 Å². The fourth-order valence-electron chi connectivity index (χ4n) is 1.54. The Morgan fingerprint density at radius 1 is 1.18 bits per heavy atom. The third-order valence-electron chi connectivity index (χ3n) is 2.66. The van der Waals surface area contributed by atoms with E-state index in [1.54, 1.807) is 24.3 Å². The predicted octanol–water partition coefficient (Wildman–Crippen LogP) is 1.83. The topological polar surface area (TPSA) is 80.6 Å². The average molecular weight is 300 g/mol. The number of carbonyl (C=O) groups excluding carboxylic acids is 2. The number of carbonyl (C=O) groups is 2. The number of nitrogens with one attached hydrogen (secondary N) is 2. The first-order valence-corrected chi connectivity index (χ1v) is 6.63. The van der Waals surface area contributed by atoms with Crippen molar-refractivity contribution in [2.45, 2.75) is 6.92 Å². The third kappa shape index (κ3) is 5.16. The van der Waals surface area contributed by atoms with Crippen molar-refractivity contribution in [2.75, 3.05) is 6.61 Å². The summed E-state index contributed by atoms with van der Waals surface area (Å²) in [5.41, 5.74) is 5.60. The van der Waals surface area contributed by atoms with Gasteiger partial charge in [0.15, 0.2) is 6.61 Å². The summed E-state index contributed by atoms with van der Waals surface area (Å²) >= 11 is 0. The smallest absolute Gasteiger partial charge is 0.276 e. The summed E-state index contributed by atoms with van der Waals surface area (Å²) in [6, 6.07) is 10.7. The van der Waals surface area contributed by atoms with Crippen LogP contribution in [-0.2, 0) is 9.59 Å². The maximum Gasteiger partial charge on any atom is 0.276 e. The zero-order valence-corrected chi connectivity index (χ0v) is 12.0. The van der Waals surface area contributed by atoms with Gasteiger partial charge in [0, 0.05) is 6.08 Å². The van der Waals surface area contributed by atoms with E-state index in [4.69, 9.17) is 9.15 Å². The van der Waals surface area contributed by atoms with E-state index < -0.39 is 11.8 Å². The first-order valence-electron chi connectivity index (χ1n) is 6.63. The minimum atomic E-state index is -0.472. The fraction of sp³-hybridized carbons (Fsp3) is 0.125. The molecule has 22 heavy (non-hydrogen) atoms. The number of aryl methyl sites for hydroxylation is 1. The standard InChI is InChI=1S/C16H16N2O4/c1-12-4-6-14(7-5-12)22-11-16(20)18-17-15(19)9-8-13-3-2-10-21-13/h2-10H,11H2,1H3,(H,17,19)(H,18,20). The van der Waals surface area contributed by atoms with Crippen molar-refractivity contribution in [3.05, 3.63) is 60.1 Å². The van der Waals surface area contributed by atoms with Gasteiger partial charge in [-0.25, -0.2) is 0 Å². The number of furan rings is 1. The van der Waals surface area contributed by atoms with Crippen LogP contribution >= 0.6 is 0 Å². The first-order chi connectivity index (χ1) is 10.6. The van der Waals surface area contributed by atoms with E-state index >= 15 is 0 Å². The molecule has 2 aromatic rings. The van der Waals surface area contributed by atoms with E-state index in [9.17, 15) is 9.59 Å². The molecular formula is C16H16N2O4. The molecule has 0 fully saturated rings. The fourth-order valence-corrected chi connectivity index (χ4v) is 1.54. The second-order valence-electron chi connectivity index (χ2n) is 4.49. The summed E-state index contributed by atoms with van der Waals surface area (Å²) in [4.78, 5) is 23.0. The molecule has 0 spiro atoms. The normalized spacial score (nSPS) is 10.4. The molecule has 0 atom stereocenters. The quantitative estimate of drug-likeness (QED) is 0.652. The molecule has 1 heterocycles. The van der Waals surface area contributed by atoms with Gasteiger partial charge in [-0.2, -0.15) is 0 Å². The molecule has 114 valence electrons. The number of hydrogen-bond donors (Lipinski definition) is 2. The SMILES string of the molecule is Cc1ccc(OCC(=O)NNC(=O)C=Cc2ccco2)cc1. The zero-order valence-electron chi connectivity index (χ0n) is 12.0. The molecule has 1 aromatic carbocycles. The van der Waals surface area contributed by atoms with Gasteiger partial charge in [0.25, 0.3) is 11.8 Å². The Bertz CT molecular complexity index is 645. The van der Waals surface area contributed by atoms with Crippen LogP contribution in [0.15, 0.2) is 53.2 Å². The van der Waals surface area contributed by atoms with E-state index in [1.165, 1.54) is 18.4 Å². The Hall–Kier alpha value is -3.02. The lowest BCUT2D eigenvalue weighted by Crippen LogP contribution is -2.43. The second kappa shape index (κ2) is 7.68. The number of ether oxygens (including phenoxy) is 1. The van der Waals surface area contributed by atoms with E-state index in [0.29, 0.717) is 11.5 Å². The Kier molecular flexibility index (Phi) is 5.37. The van der Waals surface area contributed by atoms with Crippen LogP contribution in [0.4, 0.5) is 0 Å². The highest BCUT2D eigenvalue weighted by molar-refractivity contribution is 5.92. The van der Waals surface area contributed by atoms with Crippen molar-refractivity contribution in [3.63, 3.8) is 0 Å². The lowest BCUT2D eigenvalue weighted by Gasteiger charge is -2.07. The number of rotatable bonds is 5. The van der Waals surface area contributed by atoms with Gasteiger partial charge in [0.2, 0.25) is 0 Å². The van der Waals surface area contributed by atoms with Gasteiger partial charge in [-0.3, -0.25) is 20.4 Å². The molecule has 0 aliphatic rings. The van der Waals surface area contributed by atoms with Crippen LogP contribution in [0.25, 0.3) is 6.08 Å². The number of hydrazine groups is 1. The summed E-state index contributed by atoms with van der Waals surface area (Å²) in [5.74, 6) is 0.203. The molecule has 2 rings (SSSR count). The maximum atomic E-state index is 11.5. The molecule has 0 bridgehead atoms. The van der Waals surface area contributed by atoms with Crippen LogP contribution in [0.5, 0.6) is 5.75 Å². The van der Waals surface area contributed by atoms with Gasteiger partial charge >= 0.3 is 0 Å². The maximum absolute atomic E-state index is 11.5. The minimum Gasteiger partial charge on any atom is -0.484 e. The third-order valence-corrected chi connectivity index (χ3v) is 2.66. The van der Waals surface area contributed by atoms with Crippen LogP contribution in [0.2, 0.25) is 0 Å². The van der Waals surface area contributed by atoms with E-state index in [1.807, 2.05) is 19.1 Å². The van der Waals surface area contributed by atoms with Crippen LogP contribution in [0.3, 0.4) is 0 Å². The molecule has 2 N–H and O–H groups in total. The van der Waals surface area contributed by atoms with Crippen LogP contribution < -0.4 is 15.6 Å². The Labute approximate surface area is 127 Å². The summed E-state index contributed by atoms with van der Waals surface area (Å²) in [6.07, 6.45) is 4.24. The summed E-state index contributed by atoms with van der Waals surface area (Å²) in [5, 5.41) is 0. The highest BCUT2D eigenvalue weighted by Crippen LogP contribution is 2.10. The number of amides is 2. The molecule has 0 radical (unpaired) electrons. The molecule has 0 unspecified atom stereocenters. The van der Waals surface area contributed by atoms with Crippen molar-refractivity contribution in [1.29, 1.82) is 0 Å². The first kappa shape index (κ1) is 15.4. The van der Waals surface area contributed by atoms with E-state index in [2.05, 4.69) is 10.9 Å². The molecule has 2 amide bonds. The van der Waals surface area contributed by atoms with Gasteiger partial charge in [0.05, 0.1) is 6.26 Å².